The molecule has 0 bridgehead atoms. The Morgan fingerprint density at radius 1 is 1.43 bits per heavy atom. The van der Waals surface area contributed by atoms with E-state index in [1.807, 2.05) is 22.9 Å². The second-order valence-corrected chi connectivity index (χ2v) is 5.61. The van der Waals surface area contributed by atoms with Gasteiger partial charge in [0.05, 0.1) is 5.69 Å². The van der Waals surface area contributed by atoms with Gasteiger partial charge >= 0.3 is 5.97 Å². The van der Waals surface area contributed by atoms with Crippen LogP contribution in [0, 0.1) is 0 Å². The van der Waals surface area contributed by atoms with E-state index in [0.717, 1.165) is 31.6 Å². The van der Waals surface area contributed by atoms with Crippen LogP contribution in [0.15, 0.2) is 24.7 Å². The molecule has 0 aromatic carbocycles. The molecule has 1 atom stereocenters. The summed E-state index contributed by atoms with van der Waals surface area (Å²) in [6.45, 7) is 1.79. The van der Waals surface area contributed by atoms with Crippen molar-refractivity contribution in [3.05, 3.63) is 30.4 Å². The first-order valence-corrected chi connectivity index (χ1v) is 7.47. The van der Waals surface area contributed by atoms with E-state index in [2.05, 4.69) is 14.9 Å². The molecule has 6 heteroatoms. The van der Waals surface area contributed by atoms with Crippen LogP contribution in [0.3, 0.4) is 0 Å². The van der Waals surface area contributed by atoms with Gasteiger partial charge in [0.25, 0.3) is 0 Å². The third-order valence-electron chi connectivity index (χ3n) is 4.09. The molecule has 1 fully saturated rings. The zero-order chi connectivity index (χ0) is 14.7. The number of hydrogen-bond acceptors (Lipinski definition) is 4. The molecule has 3 rings (SSSR count). The van der Waals surface area contributed by atoms with E-state index < -0.39 is 5.97 Å². The van der Waals surface area contributed by atoms with Crippen molar-refractivity contribution in [1.29, 1.82) is 0 Å². The largest absolute Gasteiger partial charge is 0.481 e. The Bertz CT molecular complexity index is 592. The number of carboxylic acid groups (broad SMARTS) is 1. The highest BCUT2D eigenvalue weighted by molar-refractivity contribution is 5.66. The number of hydrogen-bond donors (Lipinski definition) is 1. The van der Waals surface area contributed by atoms with E-state index in [0.29, 0.717) is 11.8 Å². The number of carbonyl (C=O) groups is 1. The smallest absolute Gasteiger partial charge is 0.303 e. The van der Waals surface area contributed by atoms with E-state index in [1.165, 1.54) is 12.8 Å². The molecule has 1 N–H and O–H groups in total. The second kappa shape index (κ2) is 6.22. The minimum absolute atomic E-state index is 0.244. The van der Waals surface area contributed by atoms with Crippen LogP contribution in [0.2, 0.25) is 0 Å². The molecule has 1 unspecified atom stereocenters. The summed E-state index contributed by atoms with van der Waals surface area (Å²) in [5.41, 5.74) is 0.996. The summed E-state index contributed by atoms with van der Waals surface area (Å²) in [6.07, 6.45) is 10.1. The monoisotopic (exact) mass is 288 g/mol. The Hall–Kier alpha value is -1.95. The van der Waals surface area contributed by atoms with E-state index in [1.54, 1.807) is 6.20 Å². The highest BCUT2D eigenvalue weighted by Crippen LogP contribution is 2.22. The minimum atomic E-state index is -0.711. The average Bonchev–Trinajstić information content (AvgIpc) is 2.88. The van der Waals surface area contributed by atoms with Crippen molar-refractivity contribution in [2.45, 2.75) is 44.7 Å². The van der Waals surface area contributed by atoms with Crippen LogP contribution in [0.1, 0.15) is 37.8 Å². The summed E-state index contributed by atoms with van der Waals surface area (Å²) in [5.74, 6) is 0.00375. The van der Waals surface area contributed by atoms with Gasteiger partial charge < -0.3 is 5.11 Å². The molecule has 0 radical (unpaired) electrons. The Balaban J connectivity index is 1.69. The average molecular weight is 288 g/mol. The number of nitrogens with zero attached hydrogens (tertiary/aromatic N) is 4. The highest BCUT2D eigenvalue weighted by atomic mass is 16.4. The maximum atomic E-state index is 10.8. The van der Waals surface area contributed by atoms with E-state index in [4.69, 9.17) is 5.11 Å². The van der Waals surface area contributed by atoms with Gasteiger partial charge in [0, 0.05) is 37.6 Å². The first-order chi connectivity index (χ1) is 10.2. The molecule has 2 aromatic rings. The number of likely N-dealkylation sites (tertiary alicyclic amines) is 1. The predicted molar refractivity (Wildman–Crippen MR) is 77.9 cm³/mol. The van der Waals surface area contributed by atoms with Crippen LogP contribution in [-0.4, -0.2) is 42.9 Å². The van der Waals surface area contributed by atoms with E-state index in [9.17, 15) is 4.79 Å². The lowest BCUT2D eigenvalue weighted by Gasteiger charge is -2.35. The van der Waals surface area contributed by atoms with Gasteiger partial charge in [-0.1, -0.05) is 6.42 Å². The van der Waals surface area contributed by atoms with Crippen LogP contribution in [-0.2, 0) is 11.3 Å². The van der Waals surface area contributed by atoms with E-state index in [-0.39, 0.29) is 6.42 Å². The number of aromatic nitrogens is 3. The van der Waals surface area contributed by atoms with Crippen LogP contribution >= 0.6 is 0 Å². The molecule has 1 aliphatic heterocycles. The van der Waals surface area contributed by atoms with Crippen LogP contribution in [0.5, 0.6) is 0 Å². The molecule has 0 saturated carbocycles. The summed E-state index contributed by atoms with van der Waals surface area (Å²) in [7, 11) is 0. The zero-order valence-electron chi connectivity index (χ0n) is 12.0. The number of fused-ring (bicyclic) bond motifs is 1. The Labute approximate surface area is 123 Å². The van der Waals surface area contributed by atoms with Crippen LogP contribution < -0.4 is 0 Å². The maximum absolute atomic E-state index is 10.8. The normalized spacial score (nSPS) is 19.9. The topological polar surface area (TPSA) is 70.7 Å². The third-order valence-corrected chi connectivity index (χ3v) is 4.09. The zero-order valence-corrected chi connectivity index (χ0v) is 12.0. The fourth-order valence-corrected chi connectivity index (χ4v) is 3.05. The summed E-state index contributed by atoms with van der Waals surface area (Å²) >= 11 is 0. The first kappa shape index (κ1) is 14.0. The molecule has 112 valence electrons. The quantitative estimate of drug-likeness (QED) is 0.910. The lowest BCUT2D eigenvalue weighted by molar-refractivity contribution is -0.137. The standard InChI is InChI=1S/C15H20N4O2/c20-14(21)6-5-13-4-1-2-8-18(13)10-12-11-19-9-3-7-16-15(19)17-12/h3,7,9,11,13H,1-2,4-6,8,10H2,(H,20,21). The molecule has 0 amide bonds. The SMILES string of the molecule is O=C(O)CCC1CCCCN1Cc1cn2cccnc2n1. The minimum Gasteiger partial charge on any atom is -0.481 e. The van der Waals surface area contributed by atoms with Crippen molar-refractivity contribution in [3.8, 4) is 0 Å². The molecule has 1 saturated heterocycles. The van der Waals surface area contributed by atoms with Crippen molar-refractivity contribution in [2.75, 3.05) is 6.54 Å². The molecule has 2 aromatic heterocycles. The number of piperidine rings is 1. The number of rotatable bonds is 5. The third kappa shape index (κ3) is 3.39. The van der Waals surface area contributed by atoms with Gasteiger partial charge in [-0.2, -0.15) is 0 Å². The van der Waals surface area contributed by atoms with Crippen LogP contribution in [0.4, 0.5) is 0 Å². The molecular formula is C15H20N4O2. The highest BCUT2D eigenvalue weighted by Gasteiger charge is 2.23. The van der Waals surface area contributed by atoms with Crippen LogP contribution in [0.25, 0.3) is 5.78 Å². The summed E-state index contributed by atoms with van der Waals surface area (Å²) in [6, 6.07) is 2.24. The number of carboxylic acids is 1. The molecule has 3 heterocycles. The predicted octanol–water partition coefficient (Wildman–Crippen LogP) is 1.95. The Morgan fingerprint density at radius 2 is 2.33 bits per heavy atom. The summed E-state index contributed by atoms with van der Waals surface area (Å²) in [5, 5.41) is 8.87. The van der Waals surface area contributed by atoms with Crippen molar-refractivity contribution in [1.82, 2.24) is 19.3 Å². The Morgan fingerprint density at radius 3 is 3.14 bits per heavy atom. The summed E-state index contributed by atoms with van der Waals surface area (Å²) < 4.78 is 1.92. The molecule has 21 heavy (non-hydrogen) atoms. The number of imidazole rings is 1. The van der Waals surface area contributed by atoms with Gasteiger partial charge in [0.1, 0.15) is 0 Å². The van der Waals surface area contributed by atoms with Gasteiger partial charge in [0.2, 0.25) is 5.78 Å². The van der Waals surface area contributed by atoms with E-state index >= 15 is 0 Å². The Kier molecular flexibility index (Phi) is 4.15. The van der Waals surface area contributed by atoms with Gasteiger partial charge in [-0.3, -0.25) is 14.1 Å². The first-order valence-electron chi connectivity index (χ1n) is 7.47. The van der Waals surface area contributed by atoms with Crippen molar-refractivity contribution >= 4 is 11.7 Å². The van der Waals surface area contributed by atoms with Gasteiger partial charge in [-0.25, -0.2) is 9.97 Å². The van der Waals surface area contributed by atoms with Gasteiger partial charge in [-0.15, -0.1) is 0 Å². The lowest BCUT2D eigenvalue weighted by atomic mass is 9.98. The molecule has 0 spiro atoms. The molecule has 0 aliphatic carbocycles. The lowest BCUT2D eigenvalue weighted by Crippen LogP contribution is -2.39. The molecule has 1 aliphatic rings. The van der Waals surface area contributed by atoms with Gasteiger partial charge in [-0.05, 0) is 31.9 Å². The summed E-state index contributed by atoms with van der Waals surface area (Å²) in [4.78, 5) is 21.9. The van der Waals surface area contributed by atoms with Gasteiger partial charge in [0.15, 0.2) is 0 Å². The van der Waals surface area contributed by atoms with Crippen molar-refractivity contribution in [3.63, 3.8) is 0 Å². The fraction of sp³-hybridized carbons (Fsp3) is 0.533. The second-order valence-electron chi connectivity index (χ2n) is 5.61. The molecule has 6 nitrogen and oxygen atoms in total. The fourth-order valence-electron chi connectivity index (χ4n) is 3.05. The maximum Gasteiger partial charge on any atom is 0.303 e. The van der Waals surface area contributed by atoms with Crippen molar-refractivity contribution < 1.29 is 9.90 Å². The van der Waals surface area contributed by atoms with Crippen molar-refractivity contribution in [2.24, 2.45) is 0 Å². The molecular weight excluding hydrogens is 268 g/mol. The number of aliphatic carboxylic acids is 1.